The molecule has 1 aromatic carbocycles. The number of nitrogens with zero attached hydrogens (tertiary/aromatic N) is 1. The van der Waals surface area contributed by atoms with Crippen molar-refractivity contribution in [3.63, 3.8) is 0 Å². The van der Waals surface area contributed by atoms with E-state index >= 15 is 0 Å². The molecule has 0 aromatic heterocycles. The van der Waals surface area contributed by atoms with E-state index in [0.717, 1.165) is 0 Å². The number of hydrogen-bond acceptors (Lipinski definition) is 5. The van der Waals surface area contributed by atoms with Crippen molar-refractivity contribution in [2.24, 2.45) is 0 Å². The van der Waals surface area contributed by atoms with E-state index in [2.05, 4.69) is 16.0 Å². The standard InChI is InChI=1S/C18H28N4O5S/c1-13-11-22(12-14(2)27-13)28(25,26)9-8-20-18(24)21-16-7-5-4-6-15(16)10-17(23)19-3/h4-7,13-14H,8-12H2,1-3H3,(H,19,23)(H2,20,21,24)/t13-,14+. The molecule has 3 amide bonds. The summed E-state index contributed by atoms with van der Waals surface area (Å²) in [5, 5.41) is 7.75. The van der Waals surface area contributed by atoms with Gasteiger partial charge in [0.25, 0.3) is 0 Å². The maximum absolute atomic E-state index is 12.5. The van der Waals surface area contributed by atoms with E-state index in [1.165, 1.54) is 4.31 Å². The number of para-hydroxylation sites is 1. The van der Waals surface area contributed by atoms with Crippen LogP contribution < -0.4 is 16.0 Å². The van der Waals surface area contributed by atoms with Crippen LogP contribution in [-0.4, -0.2) is 69.3 Å². The maximum Gasteiger partial charge on any atom is 0.319 e. The molecule has 0 unspecified atom stereocenters. The highest BCUT2D eigenvalue weighted by atomic mass is 32.2. The van der Waals surface area contributed by atoms with Gasteiger partial charge in [-0.25, -0.2) is 13.2 Å². The average Bonchev–Trinajstić information content (AvgIpc) is 2.62. The van der Waals surface area contributed by atoms with E-state index in [4.69, 9.17) is 4.74 Å². The predicted molar refractivity (Wildman–Crippen MR) is 107 cm³/mol. The number of urea groups is 1. The summed E-state index contributed by atoms with van der Waals surface area (Å²) in [5.74, 6) is -0.366. The van der Waals surface area contributed by atoms with Gasteiger partial charge in [0.15, 0.2) is 0 Å². The van der Waals surface area contributed by atoms with Crippen LogP contribution in [0.2, 0.25) is 0 Å². The second kappa shape index (κ2) is 9.85. The summed E-state index contributed by atoms with van der Waals surface area (Å²) in [4.78, 5) is 23.7. The molecule has 156 valence electrons. The number of rotatable bonds is 7. The first kappa shape index (κ1) is 22.1. The SMILES string of the molecule is CNC(=O)Cc1ccccc1NC(=O)NCCS(=O)(=O)N1C[C@@H](C)O[C@@H](C)C1. The third-order valence-corrected chi connectivity index (χ3v) is 6.13. The molecular weight excluding hydrogens is 384 g/mol. The molecule has 1 heterocycles. The lowest BCUT2D eigenvalue weighted by molar-refractivity contribution is -0.119. The van der Waals surface area contributed by atoms with Crippen LogP contribution in [-0.2, 0) is 26.0 Å². The van der Waals surface area contributed by atoms with E-state index in [1.54, 1.807) is 31.3 Å². The molecule has 0 spiro atoms. The highest BCUT2D eigenvalue weighted by molar-refractivity contribution is 7.89. The molecule has 0 bridgehead atoms. The Bertz CT molecular complexity index is 789. The second-order valence-corrected chi connectivity index (χ2v) is 8.87. The number of ether oxygens (including phenoxy) is 1. The van der Waals surface area contributed by atoms with Crippen LogP contribution in [0.4, 0.5) is 10.5 Å². The molecule has 0 aliphatic carbocycles. The molecule has 28 heavy (non-hydrogen) atoms. The van der Waals surface area contributed by atoms with E-state index in [0.29, 0.717) is 24.3 Å². The molecule has 3 N–H and O–H groups in total. The van der Waals surface area contributed by atoms with E-state index in [1.807, 2.05) is 13.8 Å². The topological polar surface area (TPSA) is 117 Å². The van der Waals surface area contributed by atoms with Crippen molar-refractivity contribution in [2.75, 3.05) is 37.8 Å². The first-order valence-electron chi connectivity index (χ1n) is 9.18. The molecule has 1 saturated heterocycles. The third kappa shape index (κ3) is 6.47. The van der Waals surface area contributed by atoms with Gasteiger partial charge in [-0.3, -0.25) is 4.79 Å². The lowest BCUT2D eigenvalue weighted by Crippen LogP contribution is -2.49. The number of likely N-dealkylation sites (N-methyl/N-ethyl adjacent to an activating group) is 1. The minimum atomic E-state index is -3.49. The molecule has 1 fully saturated rings. The van der Waals surface area contributed by atoms with Crippen molar-refractivity contribution in [3.05, 3.63) is 29.8 Å². The van der Waals surface area contributed by atoms with E-state index in [9.17, 15) is 18.0 Å². The van der Waals surface area contributed by atoms with Gasteiger partial charge in [-0.05, 0) is 25.5 Å². The van der Waals surface area contributed by atoms with Crippen molar-refractivity contribution in [1.82, 2.24) is 14.9 Å². The summed E-state index contributed by atoms with van der Waals surface area (Å²) in [6.07, 6.45) is -0.187. The number of hydrogen-bond donors (Lipinski definition) is 3. The molecule has 10 heteroatoms. The monoisotopic (exact) mass is 412 g/mol. The van der Waals surface area contributed by atoms with Gasteiger partial charge < -0.3 is 20.7 Å². The van der Waals surface area contributed by atoms with E-state index in [-0.39, 0.29) is 36.8 Å². The highest BCUT2D eigenvalue weighted by Gasteiger charge is 2.30. The minimum absolute atomic E-state index is 0.0219. The fraction of sp³-hybridized carbons (Fsp3) is 0.556. The quantitative estimate of drug-likeness (QED) is 0.604. The van der Waals surface area contributed by atoms with Crippen LogP contribution in [0.5, 0.6) is 0 Å². The Hall–Kier alpha value is -2.17. The summed E-state index contributed by atoms with van der Waals surface area (Å²) in [5.41, 5.74) is 1.17. The zero-order chi connectivity index (χ0) is 20.7. The molecule has 1 aliphatic heterocycles. The number of sulfonamides is 1. The number of morpholine rings is 1. The fourth-order valence-electron chi connectivity index (χ4n) is 3.00. The first-order chi connectivity index (χ1) is 13.2. The largest absolute Gasteiger partial charge is 0.373 e. The van der Waals surface area contributed by atoms with Crippen LogP contribution in [0.25, 0.3) is 0 Å². The summed E-state index contributed by atoms with van der Waals surface area (Å²) < 4.78 is 31.9. The normalized spacial score (nSPS) is 20.4. The molecule has 2 atom stereocenters. The molecular formula is C18H28N4O5S. The van der Waals surface area contributed by atoms with Crippen LogP contribution in [0, 0.1) is 0 Å². The predicted octanol–water partition coefficient (Wildman–Crippen LogP) is 0.536. The first-order valence-corrected chi connectivity index (χ1v) is 10.8. The van der Waals surface area contributed by atoms with Crippen LogP contribution in [0.3, 0.4) is 0 Å². The minimum Gasteiger partial charge on any atom is -0.373 e. The zero-order valence-electron chi connectivity index (χ0n) is 16.4. The highest BCUT2D eigenvalue weighted by Crippen LogP contribution is 2.16. The smallest absolute Gasteiger partial charge is 0.319 e. The molecule has 2 rings (SSSR count). The molecule has 9 nitrogen and oxygen atoms in total. The Morgan fingerprint density at radius 1 is 1.18 bits per heavy atom. The Morgan fingerprint density at radius 2 is 1.82 bits per heavy atom. The number of benzene rings is 1. The lowest BCUT2D eigenvalue weighted by Gasteiger charge is -2.34. The van der Waals surface area contributed by atoms with Gasteiger partial charge in [0.2, 0.25) is 15.9 Å². The Morgan fingerprint density at radius 3 is 2.46 bits per heavy atom. The Kier molecular flexibility index (Phi) is 7.78. The van der Waals surface area contributed by atoms with Gasteiger partial charge in [0.05, 0.1) is 24.4 Å². The number of amides is 3. The van der Waals surface area contributed by atoms with Crippen molar-refractivity contribution < 1.29 is 22.7 Å². The summed E-state index contributed by atoms with van der Waals surface area (Å²) >= 11 is 0. The molecule has 1 aliphatic rings. The van der Waals surface area contributed by atoms with Crippen molar-refractivity contribution >= 4 is 27.6 Å². The van der Waals surface area contributed by atoms with Gasteiger partial charge in [-0.2, -0.15) is 4.31 Å². The van der Waals surface area contributed by atoms with Crippen molar-refractivity contribution in [1.29, 1.82) is 0 Å². The zero-order valence-corrected chi connectivity index (χ0v) is 17.2. The number of carbonyl (C=O) groups excluding carboxylic acids is 2. The third-order valence-electron chi connectivity index (χ3n) is 4.32. The fourth-order valence-corrected chi connectivity index (χ4v) is 4.50. The van der Waals surface area contributed by atoms with Crippen molar-refractivity contribution in [2.45, 2.75) is 32.5 Å². The van der Waals surface area contributed by atoms with Gasteiger partial charge in [-0.1, -0.05) is 18.2 Å². The van der Waals surface area contributed by atoms with Crippen LogP contribution in [0.1, 0.15) is 19.4 Å². The number of nitrogens with one attached hydrogen (secondary N) is 3. The number of anilines is 1. The molecule has 0 radical (unpaired) electrons. The van der Waals surface area contributed by atoms with Gasteiger partial charge in [0, 0.05) is 32.4 Å². The molecule has 1 aromatic rings. The van der Waals surface area contributed by atoms with Crippen LogP contribution in [0.15, 0.2) is 24.3 Å². The lowest BCUT2D eigenvalue weighted by atomic mass is 10.1. The Balaban J connectivity index is 1.87. The maximum atomic E-state index is 12.5. The summed E-state index contributed by atoms with van der Waals surface area (Å²) in [6, 6.07) is 6.43. The Labute approximate surface area is 165 Å². The molecule has 0 saturated carbocycles. The second-order valence-electron chi connectivity index (χ2n) is 6.78. The average molecular weight is 413 g/mol. The summed E-state index contributed by atoms with van der Waals surface area (Å²) in [6.45, 7) is 4.27. The van der Waals surface area contributed by atoms with E-state index < -0.39 is 16.1 Å². The van der Waals surface area contributed by atoms with Gasteiger partial charge in [-0.15, -0.1) is 0 Å². The summed E-state index contributed by atoms with van der Waals surface area (Å²) in [7, 11) is -1.94. The van der Waals surface area contributed by atoms with Crippen LogP contribution >= 0.6 is 0 Å². The van der Waals surface area contributed by atoms with Gasteiger partial charge in [0.1, 0.15) is 0 Å². The van der Waals surface area contributed by atoms with Crippen molar-refractivity contribution in [3.8, 4) is 0 Å². The van der Waals surface area contributed by atoms with Gasteiger partial charge >= 0.3 is 6.03 Å². The number of carbonyl (C=O) groups is 2.